The minimum Gasteiger partial charge on any atom is -0.497 e. The van der Waals surface area contributed by atoms with Crippen LogP contribution in [0.2, 0.25) is 0 Å². The van der Waals surface area contributed by atoms with Crippen molar-refractivity contribution in [3.63, 3.8) is 0 Å². The molecule has 0 fully saturated rings. The number of methoxy groups -OCH3 is 1. The second-order valence-corrected chi connectivity index (χ2v) is 10.9. The standard InChI is InChI=1S/C35H34F2N6O5/c1-46-30-9-4-8-24(18-30)32-35(20-25-6-2-3-7-26(25)21-40-43-38,34(45)42-39-22-27-10-13-28(36)19-31(27)37)41-33(48-32)23-11-14-29(15-12-23)47-17-5-16-44/h2-4,6-15,18-19,32,39,44H,5,16-17,20-22H2,1H3,(H,42,45)/t32-,35-/m0/s1. The lowest BCUT2D eigenvalue weighted by molar-refractivity contribution is -0.130. The number of amides is 1. The van der Waals surface area contributed by atoms with E-state index in [2.05, 4.69) is 20.9 Å². The quantitative estimate of drug-likeness (QED) is 0.0479. The van der Waals surface area contributed by atoms with Gasteiger partial charge in [0.15, 0.2) is 11.6 Å². The van der Waals surface area contributed by atoms with Crippen molar-refractivity contribution in [3.05, 3.63) is 141 Å². The molecule has 1 amide bonds. The van der Waals surface area contributed by atoms with Crippen LogP contribution in [-0.4, -0.2) is 42.8 Å². The number of carbonyl (C=O) groups excluding carboxylic acids is 1. The van der Waals surface area contributed by atoms with Crippen LogP contribution in [0.1, 0.15) is 40.3 Å². The summed E-state index contributed by atoms with van der Waals surface area (Å²) >= 11 is 0. The number of nitrogens with one attached hydrogen (secondary N) is 2. The smallest absolute Gasteiger partial charge is 0.266 e. The summed E-state index contributed by atoms with van der Waals surface area (Å²) < 4.78 is 45.6. The number of rotatable bonds is 15. The van der Waals surface area contributed by atoms with Crippen LogP contribution in [0.15, 0.2) is 101 Å². The van der Waals surface area contributed by atoms with Gasteiger partial charge < -0.3 is 19.3 Å². The summed E-state index contributed by atoms with van der Waals surface area (Å²) in [7, 11) is 1.53. The van der Waals surface area contributed by atoms with E-state index >= 15 is 0 Å². The molecule has 48 heavy (non-hydrogen) atoms. The molecule has 4 aromatic rings. The molecule has 4 aromatic carbocycles. The van der Waals surface area contributed by atoms with Crippen molar-refractivity contribution < 1.29 is 32.9 Å². The number of hydrogen-bond donors (Lipinski definition) is 3. The Morgan fingerprint density at radius 1 is 1.02 bits per heavy atom. The van der Waals surface area contributed by atoms with Gasteiger partial charge in [0.2, 0.25) is 5.90 Å². The molecule has 0 unspecified atom stereocenters. The third-order valence-corrected chi connectivity index (χ3v) is 7.80. The molecule has 248 valence electrons. The Hall–Kier alpha value is -5.49. The van der Waals surface area contributed by atoms with Crippen LogP contribution in [0, 0.1) is 11.6 Å². The van der Waals surface area contributed by atoms with E-state index in [1.165, 1.54) is 13.2 Å². The van der Waals surface area contributed by atoms with Crippen LogP contribution in [-0.2, 0) is 29.0 Å². The van der Waals surface area contributed by atoms with Crippen LogP contribution in [0.25, 0.3) is 10.4 Å². The van der Waals surface area contributed by atoms with Crippen molar-refractivity contribution in [2.45, 2.75) is 37.6 Å². The highest BCUT2D eigenvalue weighted by atomic mass is 19.1. The zero-order chi connectivity index (χ0) is 33.9. The molecule has 0 aromatic heterocycles. The highest BCUT2D eigenvalue weighted by Crippen LogP contribution is 2.43. The molecule has 1 heterocycles. The summed E-state index contributed by atoms with van der Waals surface area (Å²) in [5, 5.41) is 12.8. The van der Waals surface area contributed by atoms with Crippen molar-refractivity contribution in [2.75, 3.05) is 20.3 Å². The summed E-state index contributed by atoms with van der Waals surface area (Å²) in [5.74, 6) is -0.747. The maximum absolute atomic E-state index is 14.5. The summed E-state index contributed by atoms with van der Waals surface area (Å²) in [6.45, 7) is 0.267. The summed E-state index contributed by atoms with van der Waals surface area (Å²) in [6.07, 6.45) is -0.462. The number of ether oxygens (including phenoxy) is 3. The van der Waals surface area contributed by atoms with Crippen LogP contribution in [0.3, 0.4) is 0 Å². The first-order valence-corrected chi connectivity index (χ1v) is 15.2. The summed E-state index contributed by atoms with van der Waals surface area (Å²) in [4.78, 5) is 22.3. The van der Waals surface area contributed by atoms with Crippen LogP contribution in [0.5, 0.6) is 11.5 Å². The molecule has 13 heteroatoms. The summed E-state index contributed by atoms with van der Waals surface area (Å²) in [6, 6.07) is 24.6. The van der Waals surface area contributed by atoms with E-state index in [9.17, 15) is 13.6 Å². The average Bonchev–Trinajstić information content (AvgIpc) is 3.49. The monoisotopic (exact) mass is 656 g/mol. The molecular formula is C35H34F2N6O5. The van der Waals surface area contributed by atoms with E-state index in [1.807, 2.05) is 18.2 Å². The Kier molecular flexibility index (Phi) is 11.2. The molecule has 3 N–H and O–H groups in total. The number of aliphatic imine (C=N–C) groups is 1. The number of aliphatic hydroxyl groups excluding tert-OH is 1. The first-order chi connectivity index (χ1) is 23.4. The van der Waals surface area contributed by atoms with Gasteiger partial charge in [-0.3, -0.25) is 10.2 Å². The van der Waals surface area contributed by atoms with Crippen LogP contribution < -0.4 is 20.3 Å². The van der Waals surface area contributed by atoms with E-state index in [1.54, 1.807) is 54.6 Å². The molecule has 11 nitrogen and oxygen atoms in total. The van der Waals surface area contributed by atoms with E-state index in [0.717, 1.165) is 12.1 Å². The molecule has 1 aliphatic rings. The first-order valence-electron chi connectivity index (χ1n) is 15.2. The van der Waals surface area contributed by atoms with E-state index in [0.29, 0.717) is 46.8 Å². The normalized spacial score (nSPS) is 16.8. The van der Waals surface area contributed by atoms with Crippen molar-refractivity contribution in [1.29, 1.82) is 0 Å². The molecule has 0 saturated heterocycles. The number of benzene rings is 4. The van der Waals surface area contributed by atoms with Gasteiger partial charge in [0.1, 0.15) is 23.1 Å². The number of carbonyl (C=O) groups is 1. The highest BCUT2D eigenvalue weighted by molar-refractivity contribution is 6.01. The first kappa shape index (κ1) is 33.9. The lowest BCUT2D eigenvalue weighted by Crippen LogP contribution is -2.53. The zero-order valence-corrected chi connectivity index (χ0v) is 26.1. The molecule has 1 aliphatic heterocycles. The molecule has 2 atom stereocenters. The fraction of sp³-hybridized carbons (Fsp3) is 0.257. The summed E-state index contributed by atoms with van der Waals surface area (Å²) in [5.41, 5.74) is 15.5. The highest BCUT2D eigenvalue weighted by Gasteiger charge is 2.53. The molecule has 5 rings (SSSR count). The molecule has 0 spiro atoms. The van der Waals surface area contributed by atoms with Crippen molar-refractivity contribution in [1.82, 2.24) is 10.9 Å². The van der Waals surface area contributed by atoms with Crippen molar-refractivity contribution >= 4 is 11.8 Å². The van der Waals surface area contributed by atoms with E-state index in [-0.39, 0.29) is 37.6 Å². The van der Waals surface area contributed by atoms with E-state index < -0.39 is 29.2 Å². The maximum atomic E-state index is 14.5. The minimum atomic E-state index is -1.64. The van der Waals surface area contributed by atoms with Gasteiger partial charge in [-0.15, -0.1) is 0 Å². The van der Waals surface area contributed by atoms with Crippen molar-refractivity contribution in [2.24, 2.45) is 10.1 Å². The van der Waals surface area contributed by atoms with Crippen LogP contribution in [0.4, 0.5) is 8.78 Å². The fourth-order valence-electron chi connectivity index (χ4n) is 5.36. The predicted octanol–water partition coefficient (Wildman–Crippen LogP) is 5.87. The molecule has 0 radical (unpaired) electrons. The Bertz CT molecular complexity index is 1820. The maximum Gasteiger partial charge on any atom is 0.266 e. The second-order valence-electron chi connectivity index (χ2n) is 10.9. The van der Waals surface area contributed by atoms with Gasteiger partial charge in [-0.2, -0.15) is 0 Å². The van der Waals surface area contributed by atoms with Crippen LogP contribution >= 0.6 is 0 Å². The Morgan fingerprint density at radius 2 is 1.81 bits per heavy atom. The molecule has 0 saturated carbocycles. The predicted molar refractivity (Wildman–Crippen MR) is 174 cm³/mol. The van der Waals surface area contributed by atoms with Gasteiger partial charge in [-0.05, 0) is 64.7 Å². The Balaban J connectivity index is 1.57. The topological polar surface area (TPSA) is 150 Å². The Morgan fingerprint density at radius 3 is 2.54 bits per heavy atom. The lowest BCUT2D eigenvalue weighted by atomic mass is 9.81. The molecule has 0 aliphatic carbocycles. The third kappa shape index (κ3) is 7.89. The number of hydrazine groups is 1. The van der Waals surface area contributed by atoms with Gasteiger partial charge in [-0.1, -0.05) is 47.6 Å². The molecule has 0 bridgehead atoms. The Labute approximate surface area is 275 Å². The van der Waals surface area contributed by atoms with Gasteiger partial charge in [0, 0.05) is 48.1 Å². The van der Waals surface area contributed by atoms with Gasteiger partial charge in [-0.25, -0.2) is 19.2 Å². The van der Waals surface area contributed by atoms with Gasteiger partial charge >= 0.3 is 0 Å². The molecular weight excluding hydrogens is 622 g/mol. The van der Waals surface area contributed by atoms with Gasteiger partial charge in [0.25, 0.3) is 5.91 Å². The number of aliphatic hydroxyl groups is 1. The average molecular weight is 657 g/mol. The lowest BCUT2D eigenvalue weighted by Gasteiger charge is -2.31. The third-order valence-electron chi connectivity index (χ3n) is 7.80. The second kappa shape index (κ2) is 15.9. The number of azide groups is 1. The zero-order valence-electron chi connectivity index (χ0n) is 26.1. The number of hydrogen-bond acceptors (Lipinski definition) is 8. The largest absolute Gasteiger partial charge is 0.497 e. The SMILES string of the molecule is COc1cccc([C@@H]2OC(c3ccc(OCCCO)cc3)=N[C@]2(Cc2ccccc2CN=[N+]=[N-])C(=O)NNCc2ccc(F)cc2F)c1. The van der Waals surface area contributed by atoms with Crippen molar-refractivity contribution in [3.8, 4) is 11.5 Å². The fourth-order valence-corrected chi connectivity index (χ4v) is 5.36. The number of nitrogens with zero attached hydrogens (tertiary/aromatic N) is 4. The minimum absolute atomic E-state index is 0.0121. The number of halogens is 2. The van der Waals surface area contributed by atoms with E-state index in [4.69, 9.17) is 29.8 Å². The van der Waals surface area contributed by atoms with Gasteiger partial charge in [0.05, 0.1) is 20.3 Å².